The minimum absolute atomic E-state index is 0.112. The lowest BCUT2D eigenvalue weighted by Gasteiger charge is -2.27. The Morgan fingerprint density at radius 3 is 1.97 bits per heavy atom. The van der Waals surface area contributed by atoms with Crippen LogP contribution in [0.2, 0.25) is 0 Å². The van der Waals surface area contributed by atoms with Gasteiger partial charge in [0.25, 0.3) is 5.91 Å². The molecule has 0 aromatic heterocycles. The van der Waals surface area contributed by atoms with Crippen LogP contribution in [0, 0.1) is 5.41 Å². The minimum Gasteiger partial charge on any atom is -0.478 e. The summed E-state index contributed by atoms with van der Waals surface area (Å²) in [6.07, 6.45) is -1.67. The molecule has 5 N–H and O–H groups in total. The fraction of sp³-hybridized carbons (Fsp3) is 0.333. The van der Waals surface area contributed by atoms with E-state index in [0.717, 1.165) is 16.7 Å². The number of nitrogens with one attached hydrogen (secondary N) is 2. The smallest absolute Gasteiger partial charge is 0.335 e. The van der Waals surface area contributed by atoms with Crippen molar-refractivity contribution >= 4 is 23.6 Å². The van der Waals surface area contributed by atoms with Gasteiger partial charge in [0, 0.05) is 24.9 Å². The number of carboxylic acid groups (broad SMARTS) is 1. The van der Waals surface area contributed by atoms with E-state index in [1.165, 1.54) is 26.0 Å². The quantitative estimate of drug-likeness (QED) is 0.318. The number of amides is 2. The van der Waals surface area contributed by atoms with Crippen LogP contribution in [0.5, 0.6) is 0 Å². The number of Topliss-reactive ketones (excluding diaryl/α,β-unsaturated/α-hetero) is 1. The Balaban J connectivity index is 1.80. The molecule has 9 nitrogen and oxygen atoms in total. The van der Waals surface area contributed by atoms with E-state index < -0.39 is 35.1 Å². The van der Waals surface area contributed by atoms with Crippen LogP contribution >= 0.6 is 0 Å². The molecule has 0 spiro atoms. The van der Waals surface area contributed by atoms with Gasteiger partial charge in [-0.1, -0.05) is 50.2 Å². The Morgan fingerprint density at radius 1 is 0.909 bits per heavy atom. The third-order valence-electron chi connectivity index (χ3n) is 5.17. The predicted octanol–water partition coefficient (Wildman–Crippen LogP) is 1.12. The zero-order valence-electron chi connectivity index (χ0n) is 18.5. The zero-order chi connectivity index (χ0) is 24.6. The number of carboxylic acids is 1. The van der Waals surface area contributed by atoms with Gasteiger partial charge in [-0.3, -0.25) is 14.4 Å². The minimum atomic E-state index is -1.44. The second kappa shape index (κ2) is 11.3. The van der Waals surface area contributed by atoms with E-state index in [1.54, 1.807) is 24.3 Å². The zero-order valence-corrected chi connectivity index (χ0v) is 18.5. The molecule has 0 heterocycles. The number of aliphatic hydroxyl groups excluding tert-OH is 2. The first-order chi connectivity index (χ1) is 15.5. The lowest BCUT2D eigenvalue weighted by Crippen LogP contribution is -2.46. The van der Waals surface area contributed by atoms with Crippen LogP contribution in [0.25, 0.3) is 11.1 Å². The Bertz CT molecular complexity index is 998. The van der Waals surface area contributed by atoms with Gasteiger partial charge in [-0.15, -0.1) is 0 Å². The largest absolute Gasteiger partial charge is 0.478 e. The van der Waals surface area contributed by atoms with Crippen molar-refractivity contribution in [3.63, 3.8) is 0 Å². The summed E-state index contributed by atoms with van der Waals surface area (Å²) in [5.74, 6) is -3.21. The second-order valence-corrected chi connectivity index (χ2v) is 8.28. The fourth-order valence-electron chi connectivity index (χ4n) is 2.85. The number of hydrogen-bond acceptors (Lipinski definition) is 6. The van der Waals surface area contributed by atoms with E-state index in [1.807, 2.05) is 12.1 Å². The molecule has 2 amide bonds. The molecule has 2 rings (SSSR count). The third-order valence-corrected chi connectivity index (χ3v) is 5.17. The van der Waals surface area contributed by atoms with Crippen LogP contribution in [0.15, 0.2) is 48.5 Å². The molecule has 0 fully saturated rings. The van der Waals surface area contributed by atoms with Crippen molar-refractivity contribution in [1.29, 1.82) is 0 Å². The van der Waals surface area contributed by atoms with Gasteiger partial charge < -0.3 is 26.0 Å². The number of rotatable bonds is 11. The van der Waals surface area contributed by atoms with Crippen molar-refractivity contribution in [2.45, 2.75) is 32.9 Å². The summed E-state index contributed by atoms with van der Waals surface area (Å²) >= 11 is 0. The summed E-state index contributed by atoms with van der Waals surface area (Å²) in [7, 11) is 0. The van der Waals surface area contributed by atoms with Gasteiger partial charge >= 0.3 is 5.97 Å². The van der Waals surface area contributed by atoms with Crippen molar-refractivity contribution < 1.29 is 34.5 Å². The summed E-state index contributed by atoms with van der Waals surface area (Å²) in [6.45, 7) is 2.69. The van der Waals surface area contributed by atoms with E-state index in [4.69, 9.17) is 5.11 Å². The number of aliphatic hydroxyl groups is 2. The van der Waals surface area contributed by atoms with Crippen LogP contribution in [0.3, 0.4) is 0 Å². The van der Waals surface area contributed by atoms with Crippen LogP contribution in [-0.2, 0) is 20.9 Å². The molecular weight excluding hydrogens is 428 g/mol. The standard InChI is InChI=1S/C24H28N2O7/c1-24(2,14-27)20(29)22(31)25-12-11-19(28)21(30)26-13-15-3-5-16(6-4-15)17-7-9-18(10-8-17)23(32)33/h3-10,20,27,29H,11-14H2,1-2H3,(H,25,31)(H,26,30)(H,32,33)/t20-/m0/s1. The van der Waals surface area contributed by atoms with Crippen LogP contribution in [0.4, 0.5) is 0 Å². The second-order valence-electron chi connectivity index (χ2n) is 8.28. The van der Waals surface area contributed by atoms with Gasteiger partial charge in [0.15, 0.2) is 0 Å². The molecule has 0 aliphatic rings. The summed E-state index contributed by atoms with van der Waals surface area (Å²) in [5.41, 5.74) is 1.67. The monoisotopic (exact) mass is 456 g/mol. The number of hydrogen-bond donors (Lipinski definition) is 5. The van der Waals surface area contributed by atoms with Crippen LogP contribution in [0.1, 0.15) is 36.2 Å². The molecule has 1 atom stereocenters. The Kier molecular flexibility index (Phi) is 8.84. The molecule has 0 bridgehead atoms. The van der Waals surface area contributed by atoms with Gasteiger partial charge in [0.2, 0.25) is 11.7 Å². The molecule has 2 aromatic carbocycles. The lowest BCUT2D eigenvalue weighted by atomic mass is 9.87. The Labute approximate surface area is 191 Å². The van der Waals surface area contributed by atoms with Crippen molar-refractivity contribution in [1.82, 2.24) is 10.6 Å². The number of aromatic carboxylic acids is 1. The highest BCUT2D eigenvalue weighted by Crippen LogP contribution is 2.21. The van der Waals surface area contributed by atoms with Crippen molar-refractivity contribution in [2.24, 2.45) is 5.41 Å². The molecule has 176 valence electrons. The Morgan fingerprint density at radius 2 is 1.45 bits per heavy atom. The summed E-state index contributed by atoms with van der Waals surface area (Å²) in [6, 6.07) is 13.7. The summed E-state index contributed by atoms with van der Waals surface area (Å²) < 4.78 is 0. The van der Waals surface area contributed by atoms with Gasteiger partial charge in [-0.2, -0.15) is 0 Å². The van der Waals surface area contributed by atoms with Gasteiger partial charge in [0.05, 0.1) is 12.2 Å². The summed E-state index contributed by atoms with van der Waals surface area (Å²) in [5, 5.41) is 33.0. The van der Waals surface area contributed by atoms with E-state index in [9.17, 15) is 29.4 Å². The van der Waals surface area contributed by atoms with Gasteiger partial charge in [-0.05, 0) is 28.8 Å². The first kappa shape index (κ1) is 25.7. The maximum Gasteiger partial charge on any atom is 0.335 e. The number of ketones is 1. The molecule has 0 saturated heterocycles. The van der Waals surface area contributed by atoms with Crippen molar-refractivity contribution in [3.8, 4) is 11.1 Å². The molecule has 0 aliphatic heterocycles. The molecule has 33 heavy (non-hydrogen) atoms. The van der Waals surface area contributed by atoms with E-state index in [-0.39, 0.29) is 31.7 Å². The predicted molar refractivity (Wildman–Crippen MR) is 120 cm³/mol. The first-order valence-corrected chi connectivity index (χ1v) is 10.4. The molecule has 0 unspecified atom stereocenters. The average molecular weight is 456 g/mol. The van der Waals surface area contributed by atoms with Crippen molar-refractivity contribution in [2.75, 3.05) is 13.2 Å². The molecule has 9 heteroatoms. The number of benzene rings is 2. The highest BCUT2D eigenvalue weighted by molar-refractivity contribution is 6.36. The number of carbonyl (C=O) groups excluding carboxylic acids is 3. The molecule has 0 radical (unpaired) electrons. The van der Waals surface area contributed by atoms with Gasteiger partial charge in [0.1, 0.15) is 6.10 Å². The van der Waals surface area contributed by atoms with Crippen LogP contribution < -0.4 is 10.6 Å². The van der Waals surface area contributed by atoms with Crippen molar-refractivity contribution in [3.05, 3.63) is 59.7 Å². The average Bonchev–Trinajstić information content (AvgIpc) is 2.82. The van der Waals surface area contributed by atoms with Gasteiger partial charge in [-0.25, -0.2) is 4.79 Å². The molecule has 2 aromatic rings. The number of carbonyl (C=O) groups is 4. The summed E-state index contributed by atoms with van der Waals surface area (Å²) in [4.78, 5) is 46.8. The van der Waals surface area contributed by atoms with E-state index >= 15 is 0 Å². The maximum atomic E-state index is 12.0. The highest BCUT2D eigenvalue weighted by Gasteiger charge is 2.32. The van der Waals surface area contributed by atoms with E-state index in [2.05, 4.69) is 10.6 Å². The van der Waals surface area contributed by atoms with E-state index in [0.29, 0.717) is 0 Å². The third kappa shape index (κ3) is 7.23. The first-order valence-electron chi connectivity index (χ1n) is 10.4. The highest BCUT2D eigenvalue weighted by atomic mass is 16.4. The fourth-order valence-corrected chi connectivity index (χ4v) is 2.85. The Hall–Kier alpha value is -3.56. The molecular formula is C24H28N2O7. The topological polar surface area (TPSA) is 153 Å². The molecule has 0 aliphatic carbocycles. The maximum absolute atomic E-state index is 12.0. The normalized spacial score (nSPS) is 12.0. The molecule has 0 saturated carbocycles. The SMILES string of the molecule is CC(C)(CO)[C@@H](O)C(=O)NCCC(=O)C(=O)NCc1ccc(-c2ccc(C(=O)O)cc2)cc1. The lowest BCUT2D eigenvalue weighted by molar-refractivity contribution is -0.139. The van der Waals surface area contributed by atoms with Crippen LogP contribution in [-0.4, -0.2) is 58.1 Å².